The van der Waals surface area contributed by atoms with E-state index in [2.05, 4.69) is 0 Å². The first-order valence-corrected chi connectivity index (χ1v) is 6.78. The summed E-state index contributed by atoms with van der Waals surface area (Å²) in [5.41, 5.74) is 0. The van der Waals surface area contributed by atoms with Crippen molar-refractivity contribution >= 4 is 15.9 Å². The van der Waals surface area contributed by atoms with Crippen LogP contribution in [0.1, 0.15) is 25.7 Å². The second-order valence-electron chi connectivity index (χ2n) is 4.44. The van der Waals surface area contributed by atoms with Gasteiger partial charge >= 0.3 is 0 Å². The Morgan fingerprint density at radius 3 is 2.50 bits per heavy atom. The number of hydrogen-bond acceptors (Lipinski definition) is 3. The van der Waals surface area contributed by atoms with Crippen molar-refractivity contribution in [3.63, 3.8) is 0 Å². The molecule has 0 aromatic heterocycles. The van der Waals surface area contributed by atoms with Crippen LogP contribution >= 0.6 is 0 Å². The van der Waals surface area contributed by atoms with Crippen LogP contribution in [0.4, 0.5) is 8.78 Å². The van der Waals surface area contributed by atoms with E-state index < -0.39 is 33.5 Å². The smallest absolute Gasteiger partial charge is 0.238 e. The van der Waals surface area contributed by atoms with Gasteiger partial charge in [0.15, 0.2) is 0 Å². The molecule has 0 spiro atoms. The summed E-state index contributed by atoms with van der Waals surface area (Å²) in [4.78, 5) is 11.4. The molecule has 7 heteroatoms. The highest BCUT2D eigenvalue weighted by Gasteiger charge is 2.46. The SMILES string of the molecule is O=C(NS(=O)(=O)C1CC1)C1C[C@H]1CC(F)F. The van der Waals surface area contributed by atoms with E-state index in [0.717, 1.165) is 0 Å². The normalized spacial score (nSPS) is 29.2. The van der Waals surface area contributed by atoms with E-state index in [-0.39, 0.29) is 12.3 Å². The van der Waals surface area contributed by atoms with E-state index in [1.165, 1.54) is 0 Å². The lowest BCUT2D eigenvalue weighted by Gasteiger charge is -2.04. The third kappa shape index (κ3) is 2.69. The quantitative estimate of drug-likeness (QED) is 0.791. The van der Waals surface area contributed by atoms with Crippen LogP contribution in [0.2, 0.25) is 0 Å². The van der Waals surface area contributed by atoms with Crippen LogP contribution in [0.15, 0.2) is 0 Å². The molecular formula is C9H13F2NO3S. The summed E-state index contributed by atoms with van der Waals surface area (Å²) in [6, 6.07) is 0. The van der Waals surface area contributed by atoms with Gasteiger partial charge in [0.2, 0.25) is 22.4 Å². The molecule has 2 fully saturated rings. The molecule has 0 bridgehead atoms. The molecule has 2 atom stereocenters. The highest BCUT2D eigenvalue weighted by atomic mass is 32.2. The van der Waals surface area contributed by atoms with Gasteiger partial charge in [0, 0.05) is 12.3 Å². The zero-order valence-corrected chi connectivity index (χ0v) is 9.34. The van der Waals surface area contributed by atoms with Crippen molar-refractivity contribution < 1.29 is 22.0 Å². The first kappa shape index (κ1) is 11.8. The summed E-state index contributed by atoms with van der Waals surface area (Å²) >= 11 is 0. The third-order valence-electron chi connectivity index (χ3n) is 2.95. The number of hydrogen-bond donors (Lipinski definition) is 1. The number of halogens is 2. The number of sulfonamides is 1. The number of rotatable bonds is 5. The fourth-order valence-electron chi connectivity index (χ4n) is 1.74. The summed E-state index contributed by atoms with van der Waals surface area (Å²) in [5.74, 6) is -1.51. The fraction of sp³-hybridized carbons (Fsp3) is 0.889. The van der Waals surface area contributed by atoms with E-state index in [1.54, 1.807) is 0 Å². The lowest BCUT2D eigenvalue weighted by atomic mass is 10.2. The maximum atomic E-state index is 12.0. The Kier molecular flexibility index (Phi) is 2.90. The van der Waals surface area contributed by atoms with Gasteiger partial charge in [0.25, 0.3) is 0 Å². The van der Waals surface area contributed by atoms with Crippen molar-refractivity contribution in [2.75, 3.05) is 0 Å². The van der Waals surface area contributed by atoms with Crippen molar-refractivity contribution in [2.24, 2.45) is 11.8 Å². The van der Waals surface area contributed by atoms with Crippen LogP contribution in [0, 0.1) is 11.8 Å². The van der Waals surface area contributed by atoms with Gasteiger partial charge in [-0.05, 0) is 25.2 Å². The van der Waals surface area contributed by atoms with Gasteiger partial charge in [-0.15, -0.1) is 0 Å². The molecule has 0 heterocycles. The van der Waals surface area contributed by atoms with Crippen molar-refractivity contribution in [3.05, 3.63) is 0 Å². The molecule has 1 N–H and O–H groups in total. The van der Waals surface area contributed by atoms with E-state index in [1.807, 2.05) is 4.72 Å². The van der Waals surface area contributed by atoms with Gasteiger partial charge in [-0.1, -0.05) is 0 Å². The molecule has 92 valence electrons. The topological polar surface area (TPSA) is 63.2 Å². The number of nitrogens with one attached hydrogen (secondary N) is 1. The first-order valence-electron chi connectivity index (χ1n) is 5.24. The monoisotopic (exact) mass is 253 g/mol. The molecule has 2 saturated carbocycles. The van der Waals surface area contributed by atoms with Crippen LogP contribution in [0.3, 0.4) is 0 Å². The van der Waals surface area contributed by atoms with Gasteiger partial charge in [-0.3, -0.25) is 9.52 Å². The molecule has 1 unspecified atom stereocenters. The van der Waals surface area contributed by atoms with Gasteiger partial charge in [0.05, 0.1) is 5.25 Å². The molecule has 0 radical (unpaired) electrons. The Hall–Kier alpha value is -0.720. The predicted octanol–water partition coefficient (Wildman–Crippen LogP) is 0.886. The predicted molar refractivity (Wildman–Crippen MR) is 52.3 cm³/mol. The molecule has 2 aliphatic rings. The molecule has 0 aromatic rings. The molecule has 2 aliphatic carbocycles. The summed E-state index contributed by atoms with van der Waals surface area (Å²) in [7, 11) is -3.53. The van der Waals surface area contributed by atoms with Crippen LogP contribution < -0.4 is 4.72 Å². The lowest BCUT2D eigenvalue weighted by Crippen LogP contribution is -2.34. The third-order valence-corrected chi connectivity index (χ3v) is 4.78. The average Bonchev–Trinajstić information content (AvgIpc) is 2.97. The van der Waals surface area contributed by atoms with Crippen molar-refractivity contribution in [2.45, 2.75) is 37.4 Å². The van der Waals surface area contributed by atoms with Crippen LogP contribution in [0.25, 0.3) is 0 Å². The number of carbonyl (C=O) groups excluding carboxylic acids is 1. The Morgan fingerprint density at radius 2 is 2.00 bits per heavy atom. The molecule has 0 saturated heterocycles. The largest absolute Gasteiger partial charge is 0.274 e. The molecule has 4 nitrogen and oxygen atoms in total. The lowest BCUT2D eigenvalue weighted by molar-refractivity contribution is -0.120. The Bertz CT molecular complexity index is 392. The Morgan fingerprint density at radius 1 is 1.38 bits per heavy atom. The average molecular weight is 253 g/mol. The summed E-state index contributed by atoms with van der Waals surface area (Å²) in [6.07, 6.45) is -1.22. The minimum Gasteiger partial charge on any atom is -0.274 e. The zero-order valence-electron chi connectivity index (χ0n) is 8.53. The van der Waals surface area contributed by atoms with Crippen LogP contribution in [0.5, 0.6) is 0 Å². The maximum Gasteiger partial charge on any atom is 0.238 e. The van der Waals surface area contributed by atoms with Crippen molar-refractivity contribution in [3.8, 4) is 0 Å². The molecule has 0 aliphatic heterocycles. The van der Waals surface area contributed by atoms with Crippen molar-refractivity contribution in [1.29, 1.82) is 0 Å². The second-order valence-corrected chi connectivity index (χ2v) is 6.40. The van der Waals surface area contributed by atoms with Crippen LogP contribution in [-0.4, -0.2) is 26.0 Å². The van der Waals surface area contributed by atoms with Gasteiger partial charge < -0.3 is 0 Å². The summed E-state index contributed by atoms with van der Waals surface area (Å²) < 4.78 is 48.7. The molecule has 1 amide bonds. The van der Waals surface area contributed by atoms with Gasteiger partial charge in [0.1, 0.15) is 0 Å². The highest BCUT2D eigenvalue weighted by Crippen LogP contribution is 2.43. The summed E-state index contributed by atoms with van der Waals surface area (Å²) in [5, 5.41) is -0.455. The number of alkyl halides is 2. The maximum absolute atomic E-state index is 12.0. The minimum absolute atomic E-state index is 0.318. The molecular weight excluding hydrogens is 240 g/mol. The van der Waals surface area contributed by atoms with Crippen molar-refractivity contribution in [1.82, 2.24) is 4.72 Å². The first-order chi connectivity index (χ1) is 7.40. The molecule has 2 rings (SSSR count). The van der Waals surface area contributed by atoms with Gasteiger partial charge in [-0.25, -0.2) is 17.2 Å². The summed E-state index contributed by atoms with van der Waals surface area (Å²) in [6.45, 7) is 0. The Labute approximate surface area is 92.5 Å². The number of carbonyl (C=O) groups is 1. The number of amides is 1. The fourth-order valence-corrected chi connectivity index (χ4v) is 3.09. The highest BCUT2D eigenvalue weighted by molar-refractivity contribution is 7.90. The van der Waals surface area contributed by atoms with E-state index in [0.29, 0.717) is 19.3 Å². The molecule has 0 aromatic carbocycles. The standard InChI is InChI=1S/C9H13F2NO3S/c10-8(11)4-5-3-7(5)9(13)12-16(14,15)6-1-2-6/h5-8H,1-4H2,(H,12,13)/t5-,7?/m0/s1. The zero-order chi connectivity index (χ0) is 11.9. The van der Waals surface area contributed by atoms with Crippen LogP contribution in [-0.2, 0) is 14.8 Å². The minimum atomic E-state index is -3.53. The Balaban J connectivity index is 1.82. The van der Waals surface area contributed by atoms with E-state index >= 15 is 0 Å². The molecule has 16 heavy (non-hydrogen) atoms. The van der Waals surface area contributed by atoms with E-state index in [4.69, 9.17) is 0 Å². The van der Waals surface area contributed by atoms with E-state index in [9.17, 15) is 22.0 Å². The second kappa shape index (κ2) is 3.94. The van der Waals surface area contributed by atoms with Gasteiger partial charge in [-0.2, -0.15) is 0 Å².